The highest BCUT2D eigenvalue weighted by Gasteiger charge is 2.24. The minimum atomic E-state index is -0.114. The van der Waals surface area contributed by atoms with E-state index in [4.69, 9.17) is 9.47 Å². The Bertz CT molecular complexity index is 923. The highest BCUT2D eigenvalue weighted by Crippen LogP contribution is 2.26. The molecule has 166 valence electrons. The van der Waals surface area contributed by atoms with Gasteiger partial charge in [0.2, 0.25) is 0 Å². The lowest BCUT2D eigenvalue weighted by Crippen LogP contribution is -2.50. The molecule has 1 aromatic heterocycles. The van der Waals surface area contributed by atoms with Crippen LogP contribution in [0.2, 0.25) is 0 Å². The van der Waals surface area contributed by atoms with Crippen molar-refractivity contribution in [2.24, 2.45) is 0 Å². The summed E-state index contributed by atoms with van der Waals surface area (Å²) in [4.78, 5) is 28.3. The molecular formula is C22H30N6O3. The van der Waals surface area contributed by atoms with Crippen LogP contribution in [-0.2, 0) is 4.74 Å². The summed E-state index contributed by atoms with van der Waals surface area (Å²) in [5, 5.41) is 2.99. The van der Waals surface area contributed by atoms with Gasteiger partial charge in [-0.15, -0.1) is 0 Å². The van der Waals surface area contributed by atoms with Crippen molar-refractivity contribution in [3.05, 3.63) is 35.7 Å². The first-order chi connectivity index (χ1) is 15.0. The summed E-state index contributed by atoms with van der Waals surface area (Å²) in [7, 11) is 1.61. The Morgan fingerprint density at radius 3 is 2.26 bits per heavy atom. The number of urea groups is 1. The number of benzene rings is 1. The van der Waals surface area contributed by atoms with Crippen molar-refractivity contribution in [1.82, 2.24) is 14.9 Å². The molecule has 0 bridgehead atoms. The van der Waals surface area contributed by atoms with Gasteiger partial charge >= 0.3 is 6.03 Å². The van der Waals surface area contributed by atoms with Crippen LogP contribution in [-0.4, -0.2) is 80.5 Å². The van der Waals surface area contributed by atoms with E-state index in [1.165, 1.54) is 0 Å². The number of anilines is 3. The van der Waals surface area contributed by atoms with E-state index >= 15 is 0 Å². The number of piperazine rings is 1. The summed E-state index contributed by atoms with van der Waals surface area (Å²) < 4.78 is 10.8. The molecule has 0 saturated carbocycles. The molecule has 1 N–H and O–H groups in total. The van der Waals surface area contributed by atoms with Crippen LogP contribution in [0.5, 0.6) is 5.75 Å². The Hall–Kier alpha value is -3.07. The number of aromatic nitrogens is 2. The SMILES string of the molecule is COc1ccc(C)cc1NC(=O)N1CCN(c2cc(N3CCOCC3)nc(C)n2)CC1. The third kappa shape index (κ3) is 4.99. The van der Waals surface area contributed by atoms with E-state index in [0.29, 0.717) is 24.5 Å². The van der Waals surface area contributed by atoms with Crippen LogP contribution in [0.3, 0.4) is 0 Å². The minimum Gasteiger partial charge on any atom is -0.495 e. The molecule has 3 heterocycles. The number of ether oxygens (including phenoxy) is 2. The Morgan fingerprint density at radius 2 is 1.61 bits per heavy atom. The van der Waals surface area contributed by atoms with E-state index in [0.717, 1.165) is 62.4 Å². The molecule has 9 nitrogen and oxygen atoms in total. The standard InChI is InChI=1S/C22H30N6O3/c1-16-4-5-19(30-3)18(14-16)25-22(29)28-8-6-26(7-9-28)20-15-21(24-17(2)23-20)27-10-12-31-13-11-27/h4-5,14-15H,6-13H2,1-3H3,(H,25,29). The number of carbonyl (C=O) groups is 1. The van der Waals surface area contributed by atoms with Crippen molar-refractivity contribution in [2.75, 3.05) is 74.7 Å². The van der Waals surface area contributed by atoms with Crippen LogP contribution in [0.25, 0.3) is 0 Å². The number of nitrogens with one attached hydrogen (secondary N) is 1. The van der Waals surface area contributed by atoms with E-state index in [9.17, 15) is 4.79 Å². The van der Waals surface area contributed by atoms with Gasteiger partial charge < -0.3 is 29.5 Å². The summed E-state index contributed by atoms with van der Waals surface area (Å²) in [6.45, 7) is 9.71. The Kier molecular flexibility index (Phi) is 6.41. The van der Waals surface area contributed by atoms with Gasteiger partial charge in [-0.2, -0.15) is 0 Å². The molecule has 2 aliphatic rings. The van der Waals surface area contributed by atoms with Crippen molar-refractivity contribution in [2.45, 2.75) is 13.8 Å². The Balaban J connectivity index is 1.39. The molecule has 0 unspecified atom stereocenters. The first-order valence-electron chi connectivity index (χ1n) is 10.7. The molecule has 2 amide bonds. The number of morpholine rings is 1. The average Bonchev–Trinajstić information content (AvgIpc) is 2.79. The molecule has 2 aliphatic heterocycles. The molecule has 2 fully saturated rings. The number of hydrogen-bond donors (Lipinski definition) is 1. The molecule has 4 rings (SSSR count). The van der Waals surface area contributed by atoms with Crippen molar-refractivity contribution < 1.29 is 14.3 Å². The number of carbonyl (C=O) groups excluding carboxylic acids is 1. The lowest BCUT2D eigenvalue weighted by molar-refractivity contribution is 0.122. The van der Waals surface area contributed by atoms with Gasteiger partial charge in [-0.3, -0.25) is 0 Å². The maximum absolute atomic E-state index is 12.8. The molecule has 1 aromatic carbocycles. The molecule has 9 heteroatoms. The highest BCUT2D eigenvalue weighted by atomic mass is 16.5. The number of aryl methyl sites for hydroxylation is 2. The van der Waals surface area contributed by atoms with Gasteiger partial charge in [0, 0.05) is 45.3 Å². The van der Waals surface area contributed by atoms with Crippen LogP contribution in [0, 0.1) is 13.8 Å². The van der Waals surface area contributed by atoms with Crippen molar-refractivity contribution in [3.63, 3.8) is 0 Å². The highest BCUT2D eigenvalue weighted by molar-refractivity contribution is 5.91. The quantitative estimate of drug-likeness (QED) is 0.803. The van der Waals surface area contributed by atoms with Gasteiger partial charge in [-0.05, 0) is 31.5 Å². The van der Waals surface area contributed by atoms with Crippen LogP contribution >= 0.6 is 0 Å². The number of nitrogens with zero attached hydrogens (tertiary/aromatic N) is 5. The first kappa shape index (κ1) is 21.2. The summed E-state index contributed by atoms with van der Waals surface area (Å²) in [5.41, 5.74) is 1.76. The van der Waals surface area contributed by atoms with Gasteiger partial charge in [0.05, 0.1) is 26.0 Å². The number of hydrogen-bond acceptors (Lipinski definition) is 7. The van der Waals surface area contributed by atoms with E-state index in [-0.39, 0.29) is 6.03 Å². The van der Waals surface area contributed by atoms with Crippen molar-refractivity contribution in [1.29, 1.82) is 0 Å². The van der Waals surface area contributed by atoms with E-state index in [1.54, 1.807) is 7.11 Å². The second kappa shape index (κ2) is 9.38. The predicted molar refractivity (Wildman–Crippen MR) is 120 cm³/mol. The van der Waals surface area contributed by atoms with E-state index < -0.39 is 0 Å². The number of rotatable bonds is 4. The Labute approximate surface area is 183 Å². The van der Waals surface area contributed by atoms with Gasteiger partial charge in [-0.1, -0.05) is 6.07 Å². The topological polar surface area (TPSA) is 83.1 Å². The second-order valence-electron chi connectivity index (χ2n) is 7.84. The zero-order valence-corrected chi connectivity index (χ0v) is 18.4. The molecule has 2 aromatic rings. The fourth-order valence-electron chi connectivity index (χ4n) is 3.91. The van der Waals surface area contributed by atoms with Gasteiger partial charge in [-0.25, -0.2) is 14.8 Å². The average molecular weight is 427 g/mol. The van der Waals surface area contributed by atoms with Crippen molar-refractivity contribution >= 4 is 23.4 Å². The van der Waals surface area contributed by atoms with E-state index in [2.05, 4.69) is 25.1 Å². The second-order valence-corrected chi connectivity index (χ2v) is 7.84. The molecule has 31 heavy (non-hydrogen) atoms. The van der Waals surface area contributed by atoms with Crippen molar-refractivity contribution in [3.8, 4) is 5.75 Å². The van der Waals surface area contributed by atoms with Crippen LogP contribution in [0.1, 0.15) is 11.4 Å². The minimum absolute atomic E-state index is 0.114. The molecule has 0 aliphatic carbocycles. The van der Waals surface area contributed by atoms with Crippen LogP contribution in [0.4, 0.5) is 22.1 Å². The molecule has 0 atom stereocenters. The fourth-order valence-corrected chi connectivity index (χ4v) is 3.91. The monoisotopic (exact) mass is 426 g/mol. The smallest absolute Gasteiger partial charge is 0.322 e. The lowest BCUT2D eigenvalue weighted by Gasteiger charge is -2.36. The number of methoxy groups -OCH3 is 1. The fraction of sp³-hybridized carbons (Fsp3) is 0.500. The molecule has 0 spiro atoms. The summed E-state index contributed by atoms with van der Waals surface area (Å²) in [6, 6.07) is 7.68. The zero-order chi connectivity index (χ0) is 21.8. The van der Waals surface area contributed by atoms with Gasteiger partial charge in [0.1, 0.15) is 23.2 Å². The Morgan fingerprint density at radius 1 is 0.968 bits per heavy atom. The number of amides is 2. The maximum atomic E-state index is 12.8. The zero-order valence-electron chi connectivity index (χ0n) is 18.4. The third-order valence-electron chi connectivity index (χ3n) is 5.63. The van der Waals surface area contributed by atoms with Gasteiger partial charge in [0.25, 0.3) is 0 Å². The summed E-state index contributed by atoms with van der Waals surface area (Å²) >= 11 is 0. The third-order valence-corrected chi connectivity index (χ3v) is 5.63. The summed E-state index contributed by atoms with van der Waals surface area (Å²) in [6.07, 6.45) is 0. The first-order valence-corrected chi connectivity index (χ1v) is 10.7. The van der Waals surface area contributed by atoms with Crippen LogP contribution in [0.15, 0.2) is 24.3 Å². The predicted octanol–water partition coefficient (Wildman–Crippen LogP) is 2.29. The maximum Gasteiger partial charge on any atom is 0.322 e. The van der Waals surface area contributed by atoms with Gasteiger partial charge in [0.15, 0.2) is 0 Å². The van der Waals surface area contributed by atoms with Crippen LogP contribution < -0.4 is 19.9 Å². The largest absolute Gasteiger partial charge is 0.495 e. The molecular weight excluding hydrogens is 396 g/mol. The molecule has 2 saturated heterocycles. The lowest BCUT2D eigenvalue weighted by atomic mass is 10.2. The normalized spacial score (nSPS) is 16.9. The molecule has 0 radical (unpaired) electrons. The summed E-state index contributed by atoms with van der Waals surface area (Å²) in [5.74, 6) is 3.27. The van der Waals surface area contributed by atoms with E-state index in [1.807, 2.05) is 43.0 Å².